The third-order valence-corrected chi connectivity index (χ3v) is 3.82. The van der Waals surface area contributed by atoms with Gasteiger partial charge in [-0.1, -0.05) is 30.3 Å². The highest BCUT2D eigenvalue weighted by Crippen LogP contribution is 2.23. The minimum absolute atomic E-state index is 0.163. The summed E-state index contributed by atoms with van der Waals surface area (Å²) in [6.45, 7) is 0. The van der Waals surface area contributed by atoms with Gasteiger partial charge in [0.05, 0.1) is 16.3 Å². The summed E-state index contributed by atoms with van der Waals surface area (Å²) in [5, 5.41) is 2.44. The summed E-state index contributed by atoms with van der Waals surface area (Å²) in [7, 11) is -3.66. The van der Waals surface area contributed by atoms with Gasteiger partial charge in [0.2, 0.25) is 6.41 Å². The Balaban J connectivity index is 2.33. The van der Waals surface area contributed by atoms with Gasteiger partial charge in [-0.15, -0.1) is 0 Å². The summed E-state index contributed by atoms with van der Waals surface area (Å²) >= 11 is 0. The Morgan fingerprint density at radius 1 is 0.842 bits per heavy atom. The Morgan fingerprint density at radius 2 is 1.42 bits per heavy atom. The second-order valence-electron chi connectivity index (χ2n) is 3.73. The quantitative estimate of drug-likeness (QED) is 0.821. The molecule has 2 aromatic rings. The molecule has 0 atom stereocenters. The molecular weight excluding hydrogens is 264 g/mol. The number of hydrogen-bond acceptors (Lipinski definition) is 3. The van der Waals surface area contributed by atoms with Crippen molar-refractivity contribution in [3.05, 3.63) is 54.6 Å². The van der Waals surface area contributed by atoms with Crippen molar-refractivity contribution < 1.29 is 13.2 Å². The van der Waals surface area contributed by atoms with E-state index in [9.17, 15) is 13.2 Å². The summed E-state index contributed by atoms with van der Waals surface area (Å²) in [6, 6.07) is 14.6. The van der Waals surface area contributed by atoms with Crippen LogP contribution < -0.4 is 10.0 Å². The van der Waals surface area contributed by atoms with E-state index >= 15 is 0 Å². The summed E-state index contributed by atoms with van der Waals surface area (Å²) in [5.74, 6) is 0. The van der Waals surface area contributed by atoms with Gasteiger partial charge in [-0.3, -0.25) is 9.52 Å². The minimum atomic E-state index is -3.66. The lowest BCUT2D eigenvalue weighted by atomic mass is 10.3. The lowest BCUT2D eigenvalue weighted by Crippen LogP contribution is -2.14. The van der Waals surface area contributed by atoms with Crippen LogP contribution in [0, 0.1) is 0 Å². The van der Waals surface area contributed by atoms with E-state index in [1.165, 1.54) is 12.1 Å². The van der Waals surface area contributed by atoms with Crippen LogP contribution in [0.1, 0.15) is 0 Å². The molecule has 2 rings (SSSR count). The molecule has 1 amide bonds. The third kappa shape index (κ3) is 3.11. The van der Waals surface area contributed by atoms with Crippen LogP contribution in [0.2, 0.25) is 0 Å². The standard InChI is InChI=1S/C13H12N2O3S/c16-10-14-12-8-4-5-9-13(12)15-19(17,18)11-6-2-1-3-7-11/h1-10,15H,(H,14,16). The molecule has 0 unspecified atom stereocenters. The second kappa shape index (κ2) is 5.53. The van der Waals surface area contributed by atoms with Crippen LogP contribution in [0.25, 0.3) is 0 Å². The van der Waals surface area contributed by atoms with E-state index in [0.29, 0.717) is 17.8 Å². The van der Waals surface area contributed by atoms with Crippen molar-refractivity contribution in [3.63, 3.8) is 0 Å². The molecule has 5 nitrogen and oxygen atoms in total. The Bertz CT molecular complexity index is 669. The molecule has 2 N–H and O–H groups in total. The molecule has 0 aliphatic carbocycles. The molecule has 0 saturated carbocycles. The van der Waals surface area contributed by atoms with Gasteiger partial charge >= 0.3 is 0 Å². The first-order valence-electron chi connectivity index (χ1n) is 5.50. The summed E-state index contributed by atoms with van der Waals surface area (Å²) in [6.07, 6.45) is 0.496. The Morgan fingerprint density at radius 3 is 2.05 bits per heavy atom. The van der Waals surface area contributed by atoms with E-state index in [0.717, 1.165) is 0 Å². The zero-order chi connectivity index (χ0) is 13.7. The van der Waals surface area contributed by atoms with Crippen molar-refractivity contribution in [2.45, 2.75) is 4.90 Å². The maximum absolute atomic E-state index is 12.1. The number of sulfonamides is 1. The molecule has 0 spiro atoms. The zero-order valence-corrected chi connectivity index (χ0v) is 10.7. The number of rotatable bonds is 5. The molecule has 2 aromatic carbocycles. The SMILES string of the molecule is O=CNc1ccccc1NS(=O)(=O)c1ccccc1. The average Bonchev–Trinajstić information content (AvgIpc) is 2.42. The smallest absolute Gasteiger partial charge is 0.261 e. The fourth-order valence-corrected chi connectivity index (χ4v) is 2.67. The van der Waals surface area contributed by atoms with Crippen molar-refractivity contribution in [1.29, 1.82) is 0 Å². The topological polar surface area (TPSA) is 75.3 Å². The largest absolute Gasteiger partial charge is 0.327 e. The first-order valence-corrected chi connectivity index (χ1v) is 6.99. The molecular formula is C13H12N2O3S. The van der Waals surface area contributed by atoms with Gasteiger partial charge in [0, 0.05) is 0 Å². The van der Waals surface area contributed by atoms with Crippen LogP contribution in [0.15, 0.2) is 59.5 Å². The van der Waals surface area contributed by atoms with Gasteiger partial charge in [-0.2, -0.15) is 0 Å². The molecule has 0 bridgehead atoms. The molecule has 0 radical (unpaired) electrons. The number of amides is 1. The predicted octanol–water partition coefficient (Wildman–Crippen LogP) is 2.06. The molecule has 0 saturated heterocycles. The third-order valence-electron chi connectivity index (χ3n) is 2.44. The van der Waals surface area contributed by atoms with Gasteiger partial charge in [0.1, 0.15) is 0 Å². The number of hydrogen-bond donors (Lipinski definition) is 2. The molecule has 98 valence electrons. The fourth-order valence-electron chi connectivity index (χ4n) is 1.56. The number of carbonyl (C=O) groups is 1. The van der Waals surface area contributed by atoms with E-state index in [1.807, 2.05) is 0 Å². The molecule has 6 heteroatoms. The van der Waals surface area contributed by atoms with Crippen LogP contribution in [-0.2, 0) is 14.8 Å². The van der Waals surface area contributed by atoms with Crippen LogP contribution >= 0.6 is 0 Å². The van der Waals surface area contributed by atoms with E-state index in [1.54, 1.807) is 42.5 Å². The van der Waals surface area contributed by atoms with Gasteiger partial charge < -0.3 is 5.32 Å². The van der Waals surface area contributed by atoms with Crippen LogP contribution in [0.4, 0.5) is 11.4 Å². The molecule has 0 heterocycles. The van der Waals surface area contributed by atoms with Crippen LogP contribution in [-0.4, -0.2) is 14.8 Å². The molecule has 0 fully saturated rings. The van der Waals surface area contributed by atoms with Crippen LogP contribution in [0.5, 0.6) is 0 Å². The van der Waals surface area contributed by atoms with Crippen molar-refractivity contribution >= 4 is 27.8 Å². The minimum Gasteiger partial charge on any atom is -0.327 e. The van der Waals surface area contributed by atoms with Gasteiger partial charge in [0.15, 0.2) is 0 Å². The number of carbonyl (C=O) groups excluding carboxylic acids is 1. The maximum atomic E-state index is 12.1. The van der Waals surface area contributed by atoms with Crippen LogP contribution in [0.3, 0.4) is 0 Å². The second-order valence-corrected chi connectivity index (χ2v) is 5.41. The number of benzene rings is 2. The normalized spacial score (nSPS) is 10.7. The van der Waals surface area contributed by atoms with Gasteiger partial charge in [-0.25, -0.2) is 8.42 Å². The number of nitrogens with one attached hydrogen (secondary N) is 2. The summed E-state index contributed by atoms with van der Waals surface area (Å²) in [5.41, 5.74) is 0.718. The number of anilines is 2. The Labute approximate surface area is 111 Å². The molecule has 0 aliphatic rings. The van der Waals surface area contributed by atoms with Crippen molar-refractivity contribution in [1.82, 2.24) is 0 Å². The van der Waals surface area contributed by atoms with Crippen molar-refractivity contribution in [2.24, 2.45) is 0 Å². The highest BCUT2D eigenvalue weighted by atomic mass is 32.2. The lowest BCUT2D eigenvalue weighted by molar-refractivity contribution is -0.105. The molecule has 0 aromatic heterocycles. The maximum Gasteiger partial charge on any atom is 0.261 e. The zero-order valence-electron chi connectivity index (χ0n) is 9.91. The lowest BCUT2D eigenvalue weighted by Gasteiger charge is -2.11. The monoisotopic (exact) mass is 276 g/mol. The highest BCUT2D eigenvalue weighted by molar-refractivity contribution is 7.92. The highest BCUT2D eigenvalue weighted by Gasteiger charge is 2.14. The van der Waals surface area contributed by atoms with E-state index in [2.05, 4.69) is 10.0 Å². The summed E-state index contributed by atoms with van der Waals surface area (Å²) in [4.78, 5) is 10.6. The Hall–Kier alpha value is -2.34. The Kier molecular flexibility index (Phi) is 3.82. The fraction of sp³-hybridized carbons (Fsp3) is 0. The van der Waals surface area contributed by atoms with E-state index in [-0.39, 0.29) is 4.90 Å². The van der Waals surface area contributed by atoms with Crippen molar-refractivity contribution in [2.75, 3.05) is 10.0 Å². The van der Waals surface area contributed by atoms with E-state index < -0.39 is 10.0 Å². The average molecular weight is 276 g/mol. The summed E-state index contributed by atoms with van der Waals surface area (Å²) < 4.78 is 26.7. The van der Waals surface area contributed by atoms with Crippen molar-refractivity contribution in [3.8, 4) is 0 Å². The van der Waals surface area contributed by atoms with E-state index in [4.69, 9.17) is 0 Å². The first-order chi connectivity index (χ1) is 9.13. The molecule has 19 heavy (non-hydrogen) atoms. The predicted molar refractivity (Wildman–Crippen MR) is 73.4 cm³/mol. The van der Waals surface area contributed by atoms with Gasteiger partial charge in [0.25, 0.3) is 10.0 Å². The first kappa shape index (κ1) is 13.1. The van der Waals surface area contributed by atoms with Gasteiger partial charge in [-0.05, 0) is 24.3 Å². The molecule has 0 aliphatic heterocycles. The number of para-hydroxylation sites is 2.